The molecule has 0 aromatic heterocycles. The molecule has 4 rings (SSSR count). The van der Waals surface area contributed by atoms with E-state index in [0.717, 1.165) is 27.3 Å². The molecular formula is C25H29N3O9S. The summed E-state index contributed by atoms with van der Waals surface area (Å²) in [6.45, 7) is 5.30. The molecule has 12 nitrogen and oxygen atoms in total. The lowest BCUT2D eigenvalue weighted by Gasteiger charge is -2.44. The number of fused-ring (bicyclic) bond motifs is 2. The number of hydrogen-bond acceptors (Lipinski definition) is 9. The Morgan fingerprint density at radius 1 is 1.21 bits per heavy atom. The number of thioether (sulfide) groups is 1. The first kappa shape index (κ1) is 27.3. The summed E-state index contributed by atoms with van der Waals surface area (Å²) in [6.07, 6.45) is 2.74. The smallest absolute Gasteiger partial charge is 0.332 e. The average Bonchev–Trinajstić information content (AvgIpc) is 3.33. The summed E-state index contributed by atoms with van der Waals surface area (Å²) >= 11 is 1.07. The Morgan fingerprint density at radius 2 is 1.95 bits per heavy atom. The monoisotopic (exact) mass is 547 g/mol. The molecule has 3 aliphatic heterocycles. The number of benzene rings is 1. The lowest BCUT2D eigenvalue weighted by Crippen LogP contribution is -2.67. The molecule has 0 saturated carbocycles. The van der Waals surface area contributed by atoms with Crippen LogP contribution in [-0.4, -0.2) is 81.4 Å². The minimum atomic E-state index is -1.35. The van der Waals surface area contributed by atoms with Gasteiger partial charge in [-0.05, 0) is 44.9 Å². The number of ether oxygens (including phenoxy) is 3. The van der Waals surface area contributed by atoms with Gasteiger partial charge in [0, 0.05) is 0 Å². The second-order valence-corrected chi connectivity index (χ2v) is 11.1. The van der Waals surface area contributed by atoms with Crippen LogP contribution in [0.25, 0.3) is 0 Å². The van der Waals surface area contributed by atoms with Crippen LogP contribution in [0.4, 0.5) is 0 Å². The number of rotatable bonds is 8. The van der Waals surface area contributed by atoms with Gasteiger partial charge >= 0.3 is 11.9 Å². The highest BCUT2D eigenvalue weighted by Crippen LogP contribution is 2.34. The predicted molar refractivity (Wildman–Crippen MR) is 134 cm³/mol. The van der Waals surface area contributed by atoms with E-state index in [2.05, 4.69) is 5.32 Å². The Bertz CT molecular complexity index is 1180. The highest BCUT2D eigenvalue weighted by Gasteiger charge is 2.46. The average molecular weight is 548 g/mol. The molecule has 204 valence electrons. The third-order valence-corrected chi connectivity index (χ3v) is 7.14. The summed E-state index contributed by atoms with van der Waals surface area (Å²) in [5.74, 6) is -2.45. The van der Waals surface area contributed by atoms with E-state index in [4.69, 9.17) is 14.2 Å². The van der Waals surface area contributed by atoms with Crippen molar-refractivity contribution in [1.82, 2.24) is 15.3 Å². The van der Waals surface area contributed by atoms with E-state index in [-0.39, 0.29) is 32.1 Å². The Balaban J connectivity index is 1.49. The van der Waals surface area contributed by atoms with E-state index in [1.54, 1.807) is 39.0 Å². The molecule has 1 unspecified atom stereocenters. The van der Waals surface area contributed by atoms with Crippen LogP contribution in [0.1, 0.15) is 32.8 Å². The number of hydrogen-bond donors (Lipinski definition) is 2. The zero-order chi connectivity index (χ0) is 27.6. The van der Waals surface area contributed by atoms with Crippen molar-refractivity contribution in [3.05, 3.63) is 35.9 Å². The largest absolute Gasteiger partial charge is 0.479 e. The summed E-state index contributed by atoms with van der Waals surface area (Å²) in [7, 11) is 0. The van der Waals surface area contributed by atoms with Gasteiger partial charge in [0.15, 0.2) is 17.5 Å². The van der Waals surface area contributed by atoms with Crippen LogP contribution in [-0.2, 0) is 35.1 Å². The quantitative estimate of drug-likeness (QED) is 0.275. The van der Waals surface area contributed by atoms with Crippen molar-refractivity contribution >= 4 is 41.4 Å². The molecule has 3 atom stereocenters. The topological polar surface area (TPSA) is 152 Å². The van der Waals surface area contributed by atoms with Crippen LogP contribution in [0.2, 0.25) is 0 Å². The Hall–Kier alpha value is -3.74. The minimum absolute atomic E-state index is 0.0662. The molecule has 0 radical (unpaired) electrons. The van der Waals surface area contributed by atoms with Crippen LogP contribution in [0.5, 0.6) is 11.5 Å². The molecule has 1 saturated heterocycles. The van der Waals surface area contributed by atoms with Crippen molar-refractivity contribution in [2.75, 3.05) is 19.3 Å². The Morgan fingerprint density at radius 3 is 2.66 bits per heavy atom. The number of carboxylic acid groups (broad SMARTS) is 1. The van der Waals surface area contributed by atoms with E-state index in [1.807, 2.05) is 0 Å². The number of nitrogens with one attached hydrogen (secondary N) is 1. The van der Waals surface area contributed by atoms with Gasteiger partial charge in [-0.2, -0.15) is 0 Å². The number of esters is 1. The third-order valence-electron chi connectivity index (χ3n) is 6.10. The lowest BCUT2D eigenvalue weighted by atomic mass is 9.98. The van der Waals surface area contributed by atoms with Crippen molar-refractivity contribution in [2.45, 2.75) is 50.9 Å². The number of carboxylic acids is 1. The maximum absolute atomic E-state index is 13.4. The molecule has 3 aliphatic rings. The van der Waals surface area contributed by atoms with Crippen LogP contribution in [0, 0.1) is 5.41 Å². The first-order valence-corrected chi connectivity index (χ1v) is 13.0. The first-order valence-electron chi connectivity index (χ1n) is 12.0. The molecule has 0 aliphatic carbocycles. The van der Waals surface area contributed by atoms with Crippen molar-refractivity contribution in [3.63, 3.8) is 0 Å². The molecule has 1 aromatic rings. The zero-order valence-corrected chi connectivity index (χ0v) is 22.0. The number of nitrogens with zero attached hydrogens (tertiary/aromatic N) is 2. The second kappa shape index (κ2) is 10.9. The van der Waals surface area contributed by atoms with Gasteiger partial charge < -0.3 is 24.6 Å². The predicted octanol–water partition coefficient (Wildman–Crippen LogP) is 1.09. The third kappa shape index (κ3) is 5.87. The number of amides is 3. The molecule has 0 spiro atoms. The van der Waals surface area contributed by atoms with Gasteiger partial charge in [-0.15, -0.1) is 11.8 Å². The van der Waals surface area contributed by atoms with Gasteiger partial charge in [0.1, 0.15) is 12.0 Å². The van der Waals surface area contributed by atoms with Crippen molar-refractivity contribution < 1.29 is 43.3 Å². The number of aliphatic carboxylic acids is 1. The molecule has 3 heterocycles. The van der Waals surface area contributed by atoms with E-state index >= 15 is 0 Å². The molecule has 2 N–H and O–H groups in total. The standard InChI is InChI=1S/C25H29N3O9S/c1-25(2,3)24(34)37-13-38-19(10-14-6-7-17-18(9-14)36-12-35-17)21(30)26-15-11-20(29)27-8-4-5-16(23(32)33)28(27)22(15)31/h4-7,9,15-16,19H,8,10-13H2,1-3H3,(H,26,30)(H,32,33)/t15?,16-,19+/m0/s1. The van der Waals surface area contributed by atoms with Gasteiger partial charge in [0.2, 0.25) is 18.6 Å². The minimum Gasteiger partial charge on any atom is -0.479 e. The summed E-state index contributed by atoms with van der Waals surface area (Å²) in [5, 5.41) is 13.3. The second-order valence-electron chi connectivity index (χ2n) is 9.98. The van der Waals surface area contributed by atoms with E-state index in [0.29, 0.717) is 11.5 Å². The van der Waals surface area contributed by atoms with E-state index < -0.39 is 52.4 Å². The fourth-order valence-electron chi connectivity index (χ4n) is 4.07. The fraction of sp³-hybridized carbons (Fsp3) is 0.480. The summed E-state index contributed by atoms with van der Waals surface area (Å²) in [4.78, 5) is 63.2. The van der Waals surface area contributed by atoms with Crippen LogP contribution in [0.15, 0.2) is 30.4 Å². The maximum atomic E-state index is 13.4. The summed E-state index contributed by atoms with van der Waals surface area (Å²) < 4.78 is 16.1. The Kier molecular flexibility index (Phi) is 7.86. The van der Waals surface area contributed by atoms with Crippen LogP contribution >= 0.6 is 11.8 Å². The summed E-state index contributed by atoms with van der Waals surface area (Å²) in [5.41, 5.74) is 0.0216. The van der Waals surface area contributed by atoms with Crippen LogP contribution in [0.3, 0.4) is 0 Å². The molecule has 1 aromatic carbocycles. The van der Waals surface area contributed by atoms with Crippen LogP contribution < -0.4 is 14.8 Å². The zero-order valence-electron chi connectivity index (χ0n) is 21.2. The highest BCUT2D eigenvalue weighted by atomic mass is 32.2. The number of carbonyl (C=O) groups is 5. The number of hydrazine groups is 1. The molecule has 0 bridgehead atoms. The van der Waals surface area contributed by atoms with Gasteiger partial charge in [-0.3, -0.25) is 19.2 Å². The highest BCUT2D eigenvalue weighted by molar-refractivity contribution is 8.00. The van der Waals surface area contributed by atoms with Crippen molar-refractivity contribution in [3.8, 4) is 11.5 Å². The van der Waals surface area contributed by atoms with Gasteiger partial charge in [0.05, 0.1) is 23.6 Å². The normalized spacial score (nSPS) is 21.1. The van der Waals surface area contributed by atoms with E-state index in [9.17, 15) is 29.1 Å². The molecule has 13 heteroatoms. The number of carbonyl (C=O) groups excluding carboxylic acids is 4. The van der Waals surface area contributed by atoms with Gasteiger partial charge in [0.25, 0.3) is 5.91 Å². The van der Waals surface area contributed by atoms with E-state index in [1.165, 1.54) is 12.2 Å². The maximum Gasteiger partial charge on any atom is 0.332 e. The van der Waals surface area contributed by atoms with Gasteiger partial charge in [-0.1, -0.05) is 18.2 Å². The summed E-state index contributed by atoms with van der Waals surface area (Å²) in [6, 6.07) is 2.66. The molecular weight excluding hydrogens is 518 g/mol. The molecule has 1 fully saturated rings. The first-order chi connectivity index (χ1) is 18.0. The fourth-order valence-corrected chi connectivity index (χ4v) is 4.94. The SMILES string of the molecule is CC(C)(C)C(=O)OCS[C@H](Cc1ccc2c(c1)OCO2)C(=O)NC1CC(=O)N2CC=C[C@@H](C(=O)O)N2C1=O. The molecule has 3 amide bonds. The van der Waals surface area contributed by atoms with Crippen molar-refractivity contribution in [2.24, 2.45) is 5.41 Å². The molecule has 38 heavy (non-hydrogen) atoms. The van der Waals surface area contributed by atoms with Crippen molar-refractivity contribution in [1.29, 1.82) is 0 Å². The Labute approximate surface area is 223 Å². The van der Waals surface area contributed by atoms with Gasteiger partial charge in [-0.25, -0.2) is 14.8 Å². The lowest BCUT2D eigenvalue weighted by molar-refractivity contribution is -0.182.